The van der Waals surface area contributed by atoms with Crippen molar-refractivity contribution in [2.75, 3.05) is 49.5 Å². The summed E-state index contributed by atoms with van der Waals surface area (Å²) in [5.41, 5.74) is 11.2. The summed E-state index contributed by atoms with van der Waals surface area (Å²) in [4.78, 5) is 78.1. The van der Waals surface area contributed by atoms with Gasteiger partial charge in [0.15, 0.2) is 10.9 Å². The van der Waals surface area contributed by atoms with Gasteiger partial charge in [-0.1, -0.05) is 93.0 Å². The highest BCUT2D eigenvalue weighted by Crippen LogP contribution is 2.37. The van der Waals surface area contributed by atoms with Gasteiger partial charge in [0.25, 0.3) is 17.7 Å². The summed E-state index contributed by atoms with van der Waals surface area (Å²) < 4.78 is 15.3. The smallest absolute Gasteiger partial charge is 0.270 e. The lowest BCUT2D eigenvalue weighted by atomic mass is 9.89. The molecule has 4 aliphatic rings. The highest BCUT2D eigenvalue weighted by atomic mass is 32.1. The highest BCUT2D eigenvalue weighted by Gasteiger charge is 2.44. The molecule has 12 rings (SSSR count). The molecular formula is C66H76N12O7S2. The van der Waals surface area contributed by atoms with E-state index in [2.05, 4.69) is 58.5 Å². The van der Waals surface area contributed by atoms with Crippen LogP contribution in [0, 0.1) is 25.7 Å². The topological polar surface area (TPSA) is 226 Å². The number of anilines is 2. The number of aromatic nitrogens is 6. The minimum absolute atomic E-state index is 0.0294. The summed E-state index contributed by atoms with van der Waals surface area (Å²) in [6.07, 6.45) is 9.29. The fourth-order valence-corrected chi connectivity index (χ4v) is 14.7. The quantitative estimate of drug-likeness (QED) is 0.0591. The lowest BCUT2D eigenvalue weighted by molar-refractivity contribution is -0.141. The average molecular weight is 1210 g/mol. The van der Waals surface area contributed by atoms with Crippen LogP contribution in [0.4, 0.5) is 10.9 Å². The third-order valence-electron chi connectivity index (χ3n) is 17.9. The molecule has 3 aromatic carbocycles. The second-order valence-electron chi connectivity index (χ2n) is 24.2. The molecular weight excluding hydrogens is 1140 g/mol. The van der Waals surface area contributed by atoms with Crippen LogP contribution in [0.25, 0.3) is 31.8 Å². The molecule has 1 unspecified atom stereocenters. The second-order valence-corrected chi connectivity index (χ2v) is 26.1. The average Bonchev–Trinajstić information content (AvgIpc) is 2.26. The van der Waals surface area contributed by atoms with Gasteiger partial charge in [0, 0.05) is 87.2 Å². The molecule has 0 bridgehead atoms. The Bertz CT molecular complexity index is 3730. The normalized spacial score (nSPS) is 18.4. The van der Waals surface area contributed by atoms with Gasteiger partial charge in [0.05, 0.1) is 44.6 Å². The number of likely N-dealkylation sites (tertiary alicyclic amines) is 2. The number of carbonyl (C=O) groups is 4. The Morgan fingerprint density at radius 1 is 0.874 bits per heavy atom. The fraction of sp³-hybridized carbons (Fsp3) is 0.439. The van der Waals surface area contributed by atoms with Crippen LogP contribution in [-0.2, 0) is 29.1 Å². The third kappa shape index (κ3) is 13.2. The van der Waals surface area contributed by atoms with E-state index in [1.807, 2.05) is 112 Å². The van der Waals surface area contributed by atoms with Gasteiger partial charge in [-0.25, -0.2) is 15.0 Å². The largest absolute Gasteiger partial charge is 0.472 e. The van der Waals surface area contributed by atoms with Crippen molar-refractivity contribution >= 4 is 67.5 Å². The fourth-order valence-electron chi connectivity index (χ4n) is 13.0. The molecule has 19 nitrogen and oxygen atoms in total. The zero-order chi connectivity index (χ0) is 60.3. The molecule has 8 aromatic rings. The summed E-state index contributed by atoms with van der Waals surface area (Å²) in [5, 5.41) is 29.9. The Morgan fingerprint density at radius 3 is 2.45 bits per heavy atom. The monoisotopic (exact) mass is 1210 g/mol. The van der Waals surface area contributed by atoms with E-state index in [0.717, 1.165) is 79.5 Å². The van der Waals surface area contributed by atoms with Crippen molar-refractivity contribution in [3.8, 4) is 27.4 Å². The zero-order valence-electron chi connectivity index (χ0n) is 50.0. The minimum atomic E-state index is -0.859. The van der Waals surface area contributed by atoms with Gasteiger partial charge in [0.1, 0.15) is 29.6 Å². The van der Waals surface area contributed by atoms with Gasteiger partial charge in [-0.05, 0) is 122 Å². The van der Waals surface area contributed by atoms with Gasteiger partial charge in [-0.15, -0.1) is 11.3 Å². The number of pyridine rings is 1. The molecule has 3 fully saturated rings. The molecule has 4 N–H and O–H groups in total. The van der Waals surface area contributed by atoms with Crippen LogP contribution < -0.4 is 25.6 Å². The molecule has 1 aliphatic carbocycles. The lowest BCUT2D eigenvalue weighted by Gasteiger charge is -2.32. The molecule has 4 atom stereocenters. The number of fused-ring (bicyclic) bond motifs is 2. The maximum Gasteiger partial charge on any atom is 0.270 e. The molecule has 2 saturated heterocycles. The molecule has 0 spiro atoms. The summed E-state index contributed by atoms with van der Waals surface area (Å²) in [5.74, 6) is -0.245. The van der Waals surface area contributed by atoms with E-state index in [1.165, 1.54) is 48.3 Å². The number of carbonyl (C=O) groups excluding carboxylic acids is 4. The molecule has 4 amide bonds. The first-order valence-electron chi connectivity index (χ1n) is 30.7. The number of piperidine rings is 1. The van der Waals surface area contributed by atoms with Crippen molar-refractivity contribution in [2.24, 2.45) is 11.8 Å². The Hall–Kier alpha value is -7.85. The van der Waals surface area contributed by atoms with Crippen molar-refractivity contribution in [3.63, 3.8) is 0 Å². The number of aliphatic hydroxyl groups excluding tert-OH is 1. The number of amides is 4. The van der Waals surface area contributed by atoms with Gasteiger partial charge in [-0.2, -0.15) is 5.10 Å². The van der Waals surface area contributed by atoms with Crippen LogP contribution in [-0.4, -0.2) is 126 Å². The van der Waals surface area contributed by atoms with Crippen LogP contribution in [0.15, 0.2) is 101 Å². The van der Waals surface area contributed by atoms with Crippen molar-refractivity contribution in [1.82, 2.24) is 50.3 Å². The van der Waals surface area contributed by atoms with Crippen LogP contribution in [0.3, 0.4) is 0 Å². The maximum atomic E-state index is 14.6. The van der Waals surface area contributed by atoms with E-state index < -0.39 is 18.1 Å². The summed E-state index contributed by atoms with van der Waals surface area (Å²) in [6.45, 7) is 14.3. The van der Waals surface area contributed by atoms with Crippen molar-refractivity contribution in [3.05, 3.63) is 142 Å². The number of ether oxygens (including phenoxy) is 1. The number of hydrogen-bond acceptors (Lipinski definition) is 16. The number of para-hydroxylation sites is 1. The first-order valence-corrected chi connectivity index (χ1v) is 32.4. The SMILES string of the molecule is Cc1ncsc1-c1ccc([C@H](C)NC(=O)[C@@H]2C[C@@H](O)CN2C(=O)C(c2cc(OC3CCN(CCNC(=O)c4nc(N5CCc6cccc(C(=O)Nc7nc8ccccc8s7)c6C5)ccc4-c4cnn(CC5CCCCC5)c4C)CC3)no2)C(C)C)cc1. The van der Waals surface area contributed by atoms with Crippen molar-refractivity contribution in [1.29, 1.82) is 0 Å². The van der Waals surface area contributed by atoms with Gasteiger partial charge >= 0.3 is 0 Å². The first kappa shape index (κ1) is 59.5. The predicted molar refractivity (Wildman–Crippen MR) is 337 cm³/mol. The number of β-amino-alcohol motifs (C(OH)–C–C–N with tert-alkyl or cyclic N) is 1. The van der Waals surface area contributed by atoms with Crippen molar-refractivity contribution < 1.29 is 33.5 Å². The third-order valence-corrected chi connectivity index (χ3v) is 19.9. The predicted octanol–water partition coefficient (Wildman–Crippen LogP) is 10.5. The molecule has 3 aliphatic heterocycles. The number of aliphatic hydroxyl groups is 1. The van der Waals surface area contributed by atoms with Crippen LogP contribution in [0.2, 0.25) is 0 Å². The van der Waals surface area contributed by atoms with E-state index in [1.54, 1.807) is 17.4 Å². The Labute approximate surface area is 514 Å². The zero-order valence-corrected chi connectivity index (χ0v) is 51.7. The Morgan fingerprint density at radius 2 is 1.68 bits per heavy atom. The van der Waals surface area contributed by atoms with E-state index in [4.69, 9.17) is 19.3 Å². The highest BCUT2D eigenvalue weighted by molar-refractivity contribution is 7.22. The molecule has 5 aromatic heterocycles. The number of rotatable bonds is 19. The molecule has 454 valence electrons. The summed E-state index contributed by atoms with van der Waals surface area (Å²) in [7, 11) is 0. The summed E-state index contributed by atoms with van der Waals surface area (Å²) in [6, 6.07) is 26.2. The van der Waals surface area contributed by atoms with E-state index in [9.17, 15) is 24.3 Å². The van der Waals surface area contributed by atoms with E-state index in [0.29, 0.717) is 79.3 Å². The van der Waals surface area contributed by atoms with Crippen molar-refractivity contribution in [2.45, 2.75) is 136 Å². The molecule has 8 heterocycles. The van der Waals surface area contributed by atoms with Crippen LogP contribution >= 0.6 is 22.7 Å². The number of aryl methyl sites for hydroxylation is 1. The number of hydrogen-bond donors (Lipinski definition) is 4. The van der Waals surface area contributed by atoms with Gasteiger partial charge in [0.2, 0.25) is 11.8 Å². The number of nitrogens with one attached hydrogen (secondary N) is 3. The first-order chi connectivity index (χ1) is 42.2. The van der Waals surface area contributed by atoms with Crippen LogP contribution in [0.1, 0.15) is 139 Å². The van der Waals surface area contributed by atoms with Crippen LogP contribution in [0.5, 0.6) is 5.88 Å². The molecule has 87 heavy (non-hydrogen) atoms. The minimum Gasteiger partial charge on any atom is -0.472 e. The van der Waals surface area contributed by atoms with E-state index in [-0.39, 0.29) is 60.5 Å². The Kier molecular flexibility index (Phi) is 17.9. The maximum absolute atomic E-state index is 14.6. The van der Waals surface area contributed by atoms with E-state index >= 15 is 0 Å². The number of benzene rings is 3. The lowest BCUT2D eigenvalue weighted by Crippen LogP contribution is -2.48. The van der Waals surface area contributed by atoms with Gasteiger partial charge < -0.3 is 39.7 Å². The summed E-state index contributed by atoms with van der Waals surface area (Å²) >= 11 is 3.03. The van der Waals surface area contributed by atoms with Gasteiger partial charge in [-0.3, -0.25) is 29.2 Å². The molecule has 1 saturated carbocycles. The molecule has 21 heteroatoms. The second kappa shape index (κ2) is 26.2. The standard InChI is InChI=1S/C66H76N12O7S2/c1-39(2)59(65(83)77-36-47(79)32-54(77)63(81)70-40(3)44-18-20-46(21-19-44)61-41(4)68-38-86-61)55-33-58(74-85-55)84-48-25-28-75(29-26-48)31-27-67-64(82)60-49(51-34-69-78(42(51)5)35-43-12-7-6-8-13-43)22-23-57(72-60)76-30-24-45-14-11-15-50(52(45)37-76)62(80)73-66-71-53-16-9-10-17-56(53)87-66/h9-11,14-23,33-34,38-40,43,47-48,54,59,79H,6-8,12-13,24-32,35-37H2,1-5H3,(H,67,82)(H,70,81)(H,71,73,80)/t40-,47+,54-,59?/m0/s1. The number of thiazole rings is 2. The molecule has 0 radical (unpaired) electrons. The number of nitrogens with zero attached hydrogens (tertiary/aromatic N) is 9. The Balaban J connectivity index is 0.669.